The Bertz CT molecular complexity index is 892. The van der Waals surface area contributed by atoms with Crippen LogP contribution < -0.4 is 15.2 Å². The van der Waals surface area contributed by atoms with Crippen LogP contribution in [-0.2, 0) is 6.54 Å². The van der Waals surface area contributed by atoms with Crippen molar-refractivity contribution in [1.29, 1.82) is 0 Å². The summed E-state index contributed by atoms with van der Waals surface area (Å²) < 4.78 is 5.23. The third kappa shape index (κ3) is 4.56. The van der Waals surface area contributed by atoms with E-state index in [-0.39, 0.29) is 17.2 Å². The molecule has 0 amide bonds. The Morgan fingerprint density at radius 1 is 1.21 bits per heavy atom. The van der Waals surface area contributed by atoms with E-state index in [1.807, 2.05) is 12.1 Å². The van der Waals surface area contributed by atoms with Crippen molar-refractivity contribution in [3.05, 3.63) is 45.9 Å². The van der Waals surface area contributed by atoms with Gasteiger partial charge >= 0.3 is 0 Å². The number of nitrogens with zero attached hydrogens (tertiary/aromatic N) is 3. The van der Waals surface area contributed by atoms with Crippen molar-refractivity contribution in [3.8, 4) is 11.5 Å². The fourth-order valence-electron chi connectivity index (χ4n) is 4.47. The average molecular weight is 399 g/mol. The molecular weight excluding hydrogens is 368 g/mol. The molecule has 0 unspecified atom stereocenters. The van der Waals surface area contributed by atoms with Crippen LogP contribution in [0.25, 0.3) is 0 Å². The maximum atomic E-state index is 12.3. The normalized spacial score (nSPS) is 20.6. The van der Waals surface area contributed by atoms with Crippen LogP contribution in [0, 0.1) is 0 Å². The Labute approximate surface area is 171 Å². The van der Waals surface area contributed by atoms with Crippen molar-refractivity contribution in [2.45, 2.75) is 44.6 Å². The number of H-pyrrole nitrogens is 1. The van der Waals surface area contributed by atoms with E-state index in [1.165, 1.54) is 6.42 Å². The Kier molecular flexibility index (Phi) is 6.04. The van der Waals surface area contributed by atoms with Gasteiger partial charge in [-0.25, -0.2) is 4.98 Å². The smallest absolute Gasteiger partial charge is 0.252 e. The summed E-state index contributed by atoms with van der Waals surface area (Å²) in [4.78, 5) is 24.6. The van der Waals surface area contributed by atoms with Gasteiger partial charge in [-0.1, -0.05) is 12.1 Å². The van der Waals surface area contributed by atoms with Crippen molar-refractivity contribution < 1.29 is 9.84 Å². The Morgan fingerprint density at radius 2 is 2.03 bits per heavy atom. The number of hydrogen-bond donors (Lipinski definition) is 2. The van der Waals surface area contributed by atoms with Crippen LogP contribution >= 0.6 is 0 Å². The summed E-state index contributed by atoms with van der Waals surface area (Å²) in [7, 11) is 1.56. The second kappa shape index (κ2) is 8.86. The number of ether oxygens (including phenoxy) is 1. The molecule has 0 aliphatic carbocycles. The number of likely N-dealkylation sites (tertiary alicyclic amines) is 1. The van der Waals surface area contributed by atoms with Gasteiger partial charge in [0, 0.05) is 43.7 Å². The van der Waals surface area contributed by atoms with E-state index in [2.05, 4.69) is 14.8 Å². The minimum absolute atomic E-state index is 0.0712. The monoisotopic (exact) mass is 398 g/mol. The SMILES string of the molecule is COc1cccc(CN2CCC[C@@H](c3cc(=O)[nH]c(N4CCCCC4)n3)C2)c1O. The van der Waals surface area contributed by atoms with Crippen LogP contribution in [-0.4, -0.2) is 53.3 Å². The quantitative estimate of drug-likeness (QED) is 0.806. The van der Waals surface area contributed by atoms with Crippen LogP contribution in [0.3, 0.4) is 0 Å². The van der Waals surface area contributed by atoms with Crippen LogP contribution in [0.4, 0.5) is 5.95 Å². The molecule has 0 bridgehead atoms. The summed E-state index contributed by atoms with van der Waals surface area (Å²) >= 11 is 0. The second-order valence-corrected chi connectivity index (χ2v) is 8.08. The van der Waals surface area contributed by atoms with Crippen molar-refractivity contribution in [2.24, 2.45) is 0 Å². The molecule has 3 heterocycles. The molecule has 156 valence electrons. The number of anilines is 1. The van der Waals surface area contributed by atoms with Gasteiger partial charge in [-0.3, -0.25) is 14.7 Å². The molecule has 1 aromatic heterocycles. The van der Waals surface area contributed by atoms with Gasteiger partial charge < -0.3 is 14.7 Å². The van der Waals surface area contributed by atoms with Crippen LogP contribution in [0.5, 0.6) is 11.5 Å². The molecule has 0 spiro atoms. The topological polar surface area (TPSA) is 81.7 Å². The van der Waals surface area contributed by atoms with Gasteiger partial charge in [0.1, 0.15) is 0 Å². The maximum absolute atomic E-state index is 12.3. The van der Waals surface area contributed by atoms with E-state index in [1.54, 1.807) is 19.2 Å². The fraction of sp³-hybridized carbons (Fsp3) is 0.545. The molecule has 2 fully saturated rings. The van der Waals surface area contributed by atoms with E-state index in [9.17, 15) is 9.90 Å². The first-order chi connectivity index (χ1) is 14.1. The molecule has 4 rings (SSSR count). The number of hydrogen-bond acceptors (Lipinski definition) is 6. The van der Waals surface area contributed by atoms with Gasteiger partial charge in [-0.15, -0.1) is 0 Å². The molecule has 0 saturated carbocycles. The fourth-order valence-corrected chi connectivity index (χ4v) is 4.47. The molecule has 0 radical (unpaired) electrons. The standard InChI is InChI=1S/C22H30N4O3/c1-29-19-9-5-7-17(21(19)28)15-25-10-6-8-16(14-25)18-13-20(27)24-22(23-18)26-11-3-2-4-12-26/h5,7,9,13,16,28H,2-4,6,8,10-12,14-15H2,1H3,(H,23,24,27)/t16-/m1/s1. The lowest BCUT2D eigenvalue weighted by atomic mass is 9.94. The number of aromatic nitrogens is 2. The lowest BCUT2D eigenvalue weighted by Gasteiger charge is -2.33. The van der Waals surface area contributed by atoms with Crippen molar-refractivity contribution in [2.75, 3.05) is 38.2 Å². The zero-order valence-electron chi connectivity index (χ0n) is 17.1. The highest BCUT2D eigenvalue weighted by molar-refractivity contribution is 5.45. The lowest BCUT2D eigenvalue weighted by molar-refractivity contribution is 0.196. The Hall–Kier alpha value is -2.54. The molecule has 2 saturated heterocycles. The molecule has 2 aromatic rings. The number of nitrogens with one attached hydrogen (secondary N) is 1. The zero-order valence-corrected chi connectivity index (χ0v) is 17.1. The van der Waals surface area contributed by atoms with Crippen molar-refractivity contribution in [3.63, 3.8) is 0 Å². The van der Waals surface area contributed by atoms with Crippen LogP contribution in [0.2, 0.25) is 0 Å². The lowest BCUT2D eigenvalue weighted by Crippen LogP contribution is -2.36. The molecule has 1 aromatic carbocycles. The molecule has 2 aliphatic heterocycles. The molecule has 7 nitrogen and oxygen atoms in total. The van der Waals surface area contributed by atoms with Gasteiger partial charge in [0.15, 0.2) is 11.5 Å². The van der Waals surface area contributed by atoms with Gasteiger partial charge in [0.05, 0.1) is 12.8 Å². The Balaban J connectivity index is 1.50. The maximum Gasteiger partial charge on any atom is 0.252 e. The van der Waals surface area contributed by atoms with Crippen LogP contribution in [0.1, 0.15) is 49.3 Å². The first-order valence-electron chi connectivity index (χ1n) is 10.6. The first-order valence-corrected chi connectivity index (χ1v) is 10.6. The van der Waals surface area contributed by atoms with Gasteiger partial charge in [-0.05, 0) is 44.7 Å². The third-order valence-corrected chi connectivity index (χ3v) is 6.02. The molecule has 2 N–H and O–H groups in total. The number of methoxy groups -OCH3 is 1. The highest BCUT2D eigenvalue weighted by atomic mass is 16.5. The highest BCUT2D eigenvalue weighted by Crippen LogP contribution is 2.32. The molecular formula is C22H30N4O3. The number of phenols is 1. The highest BCUT2D eigenvalue weighted by Gasteiger charge is 2.25. The number of benzene rings is 1. The molecule has 1 atom stereocenters. The van der Waals surface area contributed by atoms with Gasteiger partial charge in [0.25, 0.3) is 5.56 Å². The van der Waals surface area contributed by atoms with Gasteiger partial charge in [0.2, 0.25) is 5.95 Å². The van der Waals surface area contributed by atoms with Crippen molar-refractivity contribution in [1.82, 2.24) is 14.9 Å². The number of rotatable bonds is 5. The Morgan fingerprint density at radius 3 is 2.83 bits per heavy atom. The number of aromatic hydroxyl groups is 1. The average Bonchev–Trinajstić information content (AvgIpc) is 2.76. The number of phenolic OH excluding ortho intramolecular Hbond substituents is 1. The molecule has 29 heavy (non-hydrogen) atoms. The number of piperidine rings is 2. The van der Waals surface area contributed by atoms with E-state index >= 15 is 0 Å². The van der Waals surface area contributed by atoms with Crippen LogP contribution in [0.15, 0.2) is 29.1 Å². The summed E-state index contributed by atoms with van der Waals surface area (Å²) in [6, 6.07) is 7.25. The first kappa shape index (κ1) is 19.8. The third-order valence-electron chi connectivity index (χ3n) is 6.02. The van der Waals surface area contributed by atoms with Gasteiger partial charge in [-0.2, -0.15) is 0 Å². The largest absolute Gasteiger partial charge is 0.504 e. The predicted octanol–water partition coefficient (Wildman–Crippen LogP) is 2.85. The number of aromatic amines is 1. The van der Waals surface area contributed by atoms with E-state index in [0.717, 1.165) is 69.1 Å². The summed E-state index contributed by atoms with van der Waals surface area (Å²) in [5, 5.41) is 10.4. The molecule has 2 aliphatic rings. The minimum atomic E-state index is -0.0712. The predicted molar refractivity (Wildman–Crippen MR) is 113 cm³/mol. The minimum Gasteiger partial charge on any atom is -0.504 e. The zero-order chi connectivity index (χ0) is 20.2. The second-order valence-electron chi connectivity index (χ2n) is 8.08. The summed E-state index contributed by atoms with van der Waals surface area (Å²) in [6.07, 6.45) is 5.61. The number of para-hydroxylation sites is 1. The van der Waals surface area contributed by atoms with E-state index in [4.69, 9.17) is 9.72 Å². The summed E-state index contributed by atoms with van der Waals surface area (Å²) in [6.45, 7) is 4.36. The van der Waals surface area contributed by atoms with E-state index < -0.39 is 0 Å². The van der Waals surface area contributed by atoms with E-state index in [0.29, 0.717) is 12.3 Å². The van der Waals surface area contributed by atoms with Crippen molar-refractivity contribution >= 4 is 5.95 Å². The summed E-state index contributed by atoms with van der Waals surface area (Å²) in [5.41, 5.74) is 1.67. The molecule has 7 heteroatoms. The summed E-state index contributed by atoms with van der Waals surface area (Å²) in [5.74, 6) is 1.65.